The van der Waals surface area contributed by atoms with Crippen LogP contribution in [0.4, 0.5) is 0 Å². The molecule has 2 aliphatic heterocycles. The first-order valence-electron chi connectivity index (χ1n) is 8.26. The van der Waals surface area contributed by atoms with Gasteiger partial charge in [0.05, 0.1) is 18.4 Å². The van der Waals surface area contributed by atoms with Crippen molar-refractivity contribution >= 4 is 17.5 Å². The molecule has 0 N–H and O–H groups in total. The Morgan fingerprint density at radius 1 is 1.08 bits per heavy atom. The van der Waals surface area contributed by atoms with Gasteiger partial charge in [-0.3, -0.25) is 4.79 Å². The zero-order chi connectivity index (χ0) is 16.5. The van der Waals surface area contributed by atoms with Crippen LogP contribution in [0.25, 0.3) is 0 Å². The zero-order valence-corrected chi connectivity index (χ0v) is 14.0. The number of halogens is 1. The van der Waals surface area contributed by atoms with Crippen molar-refractivity contribution in [1.82, 2.24) is 19.9 Å². The minimum absolute atomic E-state index is 0.0596. The first-order chi connectivity index (χ1) is 11.7. The second-order valence-electron chi connectivity index (χ2n) is 6.40. The van der Waals surface area contributed by atoms with Crippen molar-refractivity contribution in [3.05, 3.63) is 41.7 Å². The molecule has 0 spiro atoms. The molecule has 7 heteroatoms. The Balaban J connectivity index is 1.38. The van der Waals surface area contributed by atoms with Crippen LogP contribution in [-0.2, 0) is 4.79 Å². The third-order valence-corrected chi connectivity index (χ3v) is 5.19. The number of ether oxygens (including phenoxy) is 1. The molecule has 0 unspecified atom stereocenters. The molecule has 6 nitrogen and oxygen atoms in total. The quantitative estimate of drug-likeness (QED) is 0.854. The summed E-state index contributed by atoms with van der Waals surface area (Å²) in [5.41, 5.74) is 0. The minimum atomic E-state index is 0.0596. The average Bonchev–Trinajstić information content (AvgIpc) is 3.21. The van der Waals surface area contributed by atoms with Gasteiger partial charge in [0, 0.05) is 17.1 Å². The summed E-state index contributed by atoms with van der Waals surface area (Å²) in [5, 5.41) is 9.17. The van der Waals surface area contributed by atoms with Gasteiger partial charge in [0.15, 0.2) is 6.61 Å². The fraction of sp³-hybridized carbons (Fsp3) is 0.471. The summed E-state index contributed by atoms with van der Waals surface area (Å²) >= 11 is 5.86. The largest absolute Gasteiger partial charge is 0.484 e. The van der Waals surface area contributed by atoms with Crippen molar-refractivity contribution < 1.29 is 9.53 Å². The van der Waals surface area contributed by atoms with E-state index in [1.807, 2.05) is 4.90 Å². The molecule has 2 aromatic rings. The van der Waals surface area contributed by atoms with Crippen LogP contribution in [-0.4, -0.2) is 44.5 Å². The summed E-state index contributed by atoms with van der Waals surface area (Å²) in [7, 11) is 0. The van der Waals surface area contributed by atoms with E-state index in [1.165, 1.54) is 0 Å². The van der Waals surface area contributed by atoms with Crippen molar-refractivity contribution in [3.63, 3.8) is 0 Å². The van der Waals surface area contributed by atoms with Crippen molar-refractivity contribution in [2.24, 2.45) is 0 Å². The summed E-state index contributed by atoms with van der Waals surface area (Å²) in [4.78, 5) is 16.4. The number of carbonyl (C=O) groups excluding carboxylic acids is 1. The molecule has 2 fully saturated rings. The van der Waals surface area contributed by atoms with Gasteiger partial charge in [0.1, 0.15) is 5.75 Å². The lowest BCUT2D eigenvalue weighted by molar-refractivity contribution is -0.138. The molecule has 2 saturated heterocycles. The van der Waals surface area contributed by atoms with E-state index in [0.717, 1.165) is 25.7 Å². The highest BCUT2D eigenvalue weighted by Gasteiger charge is 2.44. The first kappa shape index (κ1) is 15.4. The number of hydrogen-bond acceptors (Lipinski definition) is 4. The third-order valence-electron chi connectivity index (χ3n) is 4.94. The SMILES string of the molecule is O=C(COc1ccc(Cl)cc1)N1[C@H]2CC[C@H]1CC(n1nccn1)C2. The summed E-state index contributed by atoms with van der Waals surface area (Å²) in [6.45, 7) is 0.0688. The van der Waals surface area contributed by atoms with Gasteiger partial charge in [0.2, 0.25) is 0 Å². The topological polar surface area (TPSA) is 60.2 Å². The number of fused-ring (bicyclic) bond motifs is 2. The standard InChI is InChI=1S/C17H19ClN4O2/c18-12-1-5-16(6-2-12)24-11-17(23)21-13-3-4-14(21)10-15(9-13)22-19-7-8-20-22/h1-2,5-8,13-15H,3-4,9-11H2/t13-,14-/m0/s1. The molecule has 126 valence electrons. The summed E-state index contributed by atoms with van der Waals surface area (Å²) in [6.07, 6.45) is 7.35. The van der Waals surface area contributed by atoms with Crippen LogP contribution in [0.2, 0.25) is 5.02 Å². The molecule has 3 heterocycles. The molecule has 1 aromatic heterocycles. The molecular weight excluding hydrogens is 328 g/mol. The van der Waals surface area contributed by atoms with Crippen LogP contribution in [0.15, 0.2) is 36.7 Å². The van der Waals surface area contributed by atoms with Gasteiger partial charge >= 0.3 is 0 Å². The van der Waals surface area contributed by atoms with Gasteiger partial charge in [-0.2, -0.15) is 15.0 Å². The minimum Gasteiger partial charge on any atom is -0.484 e. The van der Waals surface area contributed by atoms with Crippen LogP contribution in [0.3, 0.4) is 0 Å². The summed E-state index contributed by atoms with van der Waals surface area (Å²) in [5.74, 6) is 0.722. The predicted octanol–water partition coefficient (Wildman–Crippen LogP) is 2.71. The second kappa shape index (κ2) is 6.43. The number of aromatic nitrogens is 3. The molecule has 0 aliphatic carbocycles. The fourth-order valence-corrected chi connectivity index (χ4v) is 4.04. The lowest BCUT2D eigenvalue weighted by atomic mass is 9.98. The number of carbonyl (C=O) groups is 1. The third kappa shape index (κ3) is 2.98. The van der Waals surface area contributed by atoms with Crippen LogP contribution in [0.5, 0.6) is 5.75 Å². The van der Waals surface area contributed by atoms with Crippen molar-refractivity contribution in [3.8, 4) is 5.75 Å². The lowest BCUT2D eigenvalue weighted by Gasteiger charge is -2.38. The maximum absolute atomic E-state index is 12.6. The van der Waals surface area contributed by atoms with E-state index in [-0.39, 0.29) is 24.6 Å². The number of amides is 1. The molecule has 24 heavy (non-hydrogen) atoms. The number of piperidine rings is 1. The molecule has 1 amide bonds. The normalized spacial score (nSPS) is 25.7. The highest BCUT2D eigenvalue weighted by molar-refractivity contribution is 6.30. The summed E-state index contributed by atoms with van der Waals surface area (Å²) in [6, 6.07) is 7.89. The van der Waals surface area contributed by atoms with Crippen molar-refractivity contribution in [2.45, 2.75) is 43.8 Å². The van der Waals surface area contributed by atoms with Crippen LogP contribution >= 0.6 is 11.6 Å². The van der Waals surface area contributed by atoms with Crippen LogP contribution < -0.4 is 4.74 Å². The number of nitrogens with zero attached hydrogens (tertiary/aromatic N) is 4. The van der Waals surface area contributed by atoms with Gasteiger partial charge in [0.25, 0.3) is 5.91 Å². The summed E-state index contributed by atoms with van der Waals surface area (Å²) < 4.78 is 5.62. The fourth-order valence-electron chi connectivity index (χ4n) is 3.91. The number of hydrogen-bond donors (Lipinski definition) is 0. The van der Waals surface area contributed by atoms with Crippen LogP contribution in [0.1, 0.15) is 31.7 Å². The highest BCUT2D eigenvalue weighted by Crippen LogP contribution is 2.40. The molecule has 1 aromatic carbocycles. The van der Waals surface area contributed by atoms with Crippen LogP contribution in [0, 0.1) is 0 Å². The van der Waals surface area contributed by atoms with E-state index in [2.05, 4.69) is 10.2 Å². The number of rotatable bonds is 4. The molecular formula is C17H19ClN4O2. The van der Waals surface area contributed by atoms with Crippen molar-refractivity contribution in [2.75, 3.05) is 6.61 Å². The van der Waals surface area contributed by atoms with Crippen molar-refractivity contribution in [1.29, 1.82) is 0 Å². The maximum atomic E-state index is 12.6. The van der Waals surface area contributed by atoms with E-state index in [0.29, 0.717) is 16.8 Å². The van der Waals surface area contributed by atoms with E-state index >= 15 is 0 Å². The molecule has 2 aliphatic rings. The Bertz CT molecular complexity index is 690. The monoisotopic (exact) mass is 346 g/mol. The van der Waals surface area contributed by atoms with E-state index in [9.17, 15) is 4.79 Å². The predicted molar refractivity (Wildman–Crippen MR) is 88.9 cm³/mol. The van der Waals surface area contributed by atoms with Gasteiger partial charge < -0.3 is 9.64 Å². The molecule has 0 radical (unpaired) electrons. The maximum Gasteiger partial charge on any atom is 0.261 e. The Kier molecular flexibility index (Phi) is 4.14. The Labute approximate surface area is 145 Å². The highest BCUT2D eigenvalue weighted by atomic mass is 35.5. The lowest BCUT2D eigenvalue weighted by Crippen LogP contribution is -2.48. The molecule has 2 bridgehead atoms. The molecule has 4 rings (SSSR count). The van der Waals surface area contributed by atoms with Gasteiger partial charge in [-0.1, -0.05) is 11.6 Å². The number of benzene rings is 1. The Morgan fingerprint density at radius 2 is 1.71 bits per heavy atom. The second-order valence-corrected chi connectivity index (χ2v) is 6.84. The first-order valence-corrected chi connectivity index (χ1v) is 8.64. The smallest absolute Gasteiger partial charge is 0.261 e. The van der Waals surface area contributed by atoms with E-state index < -0.39 is 0 Å². The zero-order valence-electron chi connectivity index (χ0n) is 13.2. The molecule has 0 saturated carbocycles. The molecule has 2 atom stereocenters. The van der Waals surface area contributed by atoms with E-state index in [4.69, 9.17) is 16.3 Å². The van der Waals surface area contributed by atoms with Gasteiger partial charge in [-0.25, -0.2) is 0 Å². The Hall–Kier alpha value is -2.08. The van der Waals surface area contributed by atoms with E-state index in [1.54, 1.807) is 41.5 Å². The Morgan fingerprint density at radius 3 is 2.33 bits per heavy atom. The van der Waals surface area contributed by atoms with Gasteiger partial charge in [-0.05, 0) is 49.9 Å². The average molecular weight is 347 g/mol. The van der Waals surface area contributed by atoms with Gasteiger partial charge in [-0.15, -0.1) is 0 Å².